The number of allylic oxidation sites excluding steroid dienone is 3. The van der Waals surface area contributed by atoms with E-state index in [1.807, 2.05) is 33.3 Å². The van der Waals surface area contributed by atoms with Crippen LogP contribution in [0.3, 0.4) is 0 Å². The summed E-state index contributed by atoms with van der Waals surface area (Å²) in [6.07, 6.45) is 67.6. The van der Waals surface area contributed by atoms with Crippen molar-refractivity contribution in [2.45, 2.75) is 348 Å². The van der Waals surface area contributed by atoms with Gasteiger partial charge in [0.2, 0.25) is 5.91 Å². The van der Waals surface area contributed by atoms with Crippen molar-refractivity contribution in [1.82, 2.24) is 5.32 Å². The number of hydrogen-bond acceptors (Lipinski definition) is 6. The first-order valence-corrected chi connectivity index (χ1v) is 34.7. The number of hydrogen-bond donors (Lipinski definition) is 2. The van der Waals surface area contributed by atoms with E-state index >= 15 is 0 Å². The number of ether oxygens (including phenoxy) is 1. The standard InChI is InChI=1S/C66H129N2O7P/c1-7-10-13-16-19-22-25-28-29-30-31-32-33-34-35-36-37-38-39-41-43-46-49-52-55-58-65(69)67-63(62-74-76(71,72)73-61-60-68(4,5)6)64(57-54-51-48-45-42-27-24-21-18-15-12-9-3)75-66(70)59-56-53-50-47-44-40-26-23-20-17-14-11-8-2/h40,44,54,57,63-64H,7-39,41-43,45-53,55-56,58-62H2,1-6H3,(H-,67,69,71,72)/p+1/b44-40-,57-54-. The van der Waals surface area contributed by atoms with Crippen LogP contribution in [0.2, 0.25) is 0 Å². The number of esters is 1. The van der Waals surface area contributed by atoms with Gasteiger partial charge < -0.3 is 19.4 Å². The van der Waals surface area contributed by atoms with E-state index in [-0.39, 0.29) is 31.5 Å². The fourth-order valence-corrected chi connectivity index (χ4v) is 10.7. The highest BCUT2D eigenvalue weighted by molar-refractivity contribution is 7.47. The first-order valence-electron chi connectivity index (χ1n) is 33.2. The van der Waals surface area contributed by atoms with Gasteiger partial charge >= 0.3 is 13.8 Å². The van der Waals surface area contributed by atoms with Gasteiger partial charge in [0.25, 0.3) is 0 Å². The molecule has 0 saturated carbocycles. The van der Waals surface area contributed by atoms with E-state index in [0.717, 1.165) is 70.6 Å². The Labute approximate surface area is 473 Å². The molecule has 0 bridgehead atoms. The molecule has 0 radical (unpaired) electrons. The lowest BCUT2D eigenvalue weighted by Gasteiger charge is -2.27. The second-order valence-corrected chi connectivity index (χ2v) is 25.5. The van der Waals surface area contributed by atoms with Gasteiger partial charge in [-0.1, -0.05) is 289 Å². The maximum Gasteiger partial charge on any atom is 0.472 e. The largest absolute Gasteiger partial charge is 0.472 e. The molecule has 10 heteroatoms. The molecule has 9 nitrogen and oxygen atoms in total. The molecule has 3 atom stereocenters. The van der Waals surface area contributed by atoms with Crippen molar-refractivity contribution in [1.29, 1.82) is 0 Å². The molecular formula is C66H130N2O7P+. The Morgan fingerprint density at radius 2 is 0.763 bits per heavy atom. The number of phosphoric acid groups is 1. The maximum atomic E-state index is 13.6. The quantitative estimate of drug-likeness (QED) is 0.0205. The zero-order valence-electron chi connectivity index (χ0n) is 51.5. The fourth-order valence-electron chi connectivity index (χ4n) is 10.00. The molecule has 0 aromatic heterocycles. The van der Waals surface area contributed by atoms with Crippen molar-refractivity contribution in [2.24, 2.45) is 0 Å². The lowest BCUT2D eigenvalue weighted by molar-refractivity contribution is -0.870. The SMILES string of the molecule is CCCCCCCC/C=C\CCCCCC(=O)OC(/C=C\CCCCCCCCCCCC)C(COP(=O)(O)OCC[N+](C)(C)C)NC(=O)CCCCCCCCCCCCCCCCCCCCCCCCCCC. The Bertz CT molecular complexity index is 1350. The third-order valence-electron chi connectivity index (χ3n) is 15.1. The number of phosphoric ester groups is 1. The minimum absolute atomic E-state index is 0.0416. The van der Waals surface area contributed by atoms with Gasteiger partial charge in [-0.25, -0.2) is 4.57 Å². The monoisotopic (exact) mass is 1090 g/mol. The number of carbonyl (C=O) groups excluding carboxylic acids is 2. The lowest BCUT2D eigenvalue weighted by Crippen LogP contribution is -2.47. The summed E-state index contributed by atoms with van der Waals surface area (Å²) in [4.78, 5) is 37.7. The van der Waals surface area contributed by atoms with Crippen molar-refractivity contribution in [3.8, 4) is 0 Å². The second-order valence-electron chi connectivity index (χ2n) is 24.0. The Balaban J connectivity index is 5.02. The smallest absolute Gasteiger partial charge is 0.456 e. The highest BCUT2D eigenvalue weighted by atomic mass is 31.2. The van der Waals surface area contributed by atoms with Gasteiger partial charge in [0, 0.05) is 12.8 Å². The second kappa shape index (κ2) is 56.8. The molecule has 0 saturated heterocycles. The van der Waals surface area contributed by atoms with E-state index in [1.165, 1.54) is 231 Å². The Hall–Kier alpha value is -1.51. The van der Waals surface area contributed by atoms with Gasteiger partial charge in [-0.2, -0.15) is 0 Å². The van der Waals surface area contributed by atoms with E-state index in [1.54, 1.807) is 0 Å². The van der Waals surface area contributed by atoms with E-state index in [9.17, 15) is 19.0 Å². The van der Waals surface area contributed by atoms with E-state index in [0.29, 0.717) is 17.4 Å². The highest BCUT2D eigenvalue weighted by Crippen LogP contribution is 2.43. The van der Waals surface area contributed by atoms with Crippen LogP contribution in [-0.2, 0) is 27.9 Å². The molecule has 0 rings (SSSR count). The zero-order chi connectivity index (χ0) is 55.7. The van der Waals surface area contributed by atoms with Crippen LogP contribution in [0.5, 0.6) is 0 Å². The van der Waals surface area contributed by atoms with E-state index < -0.39 is 20.0 Å². The predicted molar refractivity (Wildman–Crippen MR) is 328 cm³/mol. The number of nitrogens with zero attached hydrogens (tertiary/aromatic N) is 1. The summed E-state index contributed by atoms with van der Waals surface area (Å²) < 4.78 is 30.7. The van der Waals surface area contributed by atoms with Gasteiger partial charge in [-0.15, -0.1) is 0 Å². The summed E-state index contributed by atoms with van der Waals surface area (Å²) in [6, 6.07) is -0.848. The number of quaternary nitrogens is 1. The van der Waals surface area contributed by atoms with E-state index in [4.69, 9.17) is 13.8 Å². The molecule has 0 spiro atoms. The number of rotatable bonds is 61. The molecule has 2 N–H and O–H groups in total. The molecule has 450 valence electrons. The first-order chi connectivity index (χ1) is 36.9. The Kier molecular flexibility index (Phi) is 55.6. The Morgan fingerprint density at radius 1 is 0.447 bits per heavy atom. The number of carbonyl (C=O) groups is 2. The van der Waals surface area contributed by atoms with Gasteiger partial charge in [-0.3, -0.25) is 18.6 Å². The summed E-state index contributed by atoms with van der Waals surface area (Å²) in [7, 11) is 1.51. The van der Waals surface area contributed by atoms with Gasteiger partial charge in [-0.05, 0) is 57.4 Å². The average Bonchev–Trinajstić information content (AvgIpc) is 3.38. The molecule has 76 heavy (non-hydrogen) atoms. The minimum Gasteiger partial charge on any atom is -0.456 e. The molecular weight excluding hydrogens is 964 g/mol. The molecule has 0 aromatic carbocycles. The van der Waals surface area contributed by atoms with Gasteiger partial charge in [0.05, 0.1) is 33.8 Å². The van der Waals surface area contributed by atoms with Crippen molar-refractivity contribution in [3.05, 3.63) is 24.3 Å². The van der Waals surface area contributed by atoms with Crippen LogP contribution in [0.1, 0.15) is 335 Å². The topological polar surface area (TPSA) is 111 Å². The van der Waals surface area contributed by atoms with Crippen molar-refractivity contribution >= 4 is 19.7 Å². The maximum absolute atomic E-state index is 13.6. The van der Waals surface area contributed by atoms with Crippen LogP contribution in [0.15, 0.2) is 24.3 Å². The average molecular weight is 1090 g/mol. The molecule has 0 aliphatic rings. The third-order valence-corrected chi connectivity index (χ3v) is 16.1. The summed E-state index contributed by atoms with van der Waals surface area (Å²) >= 11 is 0. The normalized spacial score (nSPS) is 13.7. The number of amides is 1. The zero-order valence-corrected chi connectivity index (χ0v) is 52.4. The molecule has 0 aromatic rings. The summed E-state index contributed by atoms with van der Waals surface area (Å²) in [6.45, 7) is 7.04. The minimum atomic E-state index is -4.45. The number of nitrogens with one attached hydrogen (secondary N) is 1. The van der Waals surface area contributed by atoms with Crippen LogP contribution < -0.4 is 5.32 Å². The number of unbranched alkanes of at least 4 members (excludes halogenated alkanes) is 43. The highest BCUT2D eigenvalue weighted by Gasteiger charge is 2.30. The lowest BCUT2D eigenvalue weighted by atomic mass is 10.0. The van der Waals surface area contributed by atoms with Crippen LogP contribution in [-0.4, -0.2) is 74.3 Å². The van der Waals surface area contributed by atoms with Crippen LogP contribution in [0, 0.1) is 0 Å². The van der Waals surface area contributed by atoms with Crippen LogP contribution >= 0.6 is 7.82 Å². The first kappa shape index (κ1) is 74.5. The molecule has 0 heterocycles. The predicted octanol–water partition coefficient (Wildman–Crippen LogP) is 20.5. The summed E-state index contributed by atoms with van der Waals surface area (Å²) in [5, 5.41) is 3.06. The molecule has 3 unspecified atom stereocenters. The fraction of sp³-hybridized carbons (Fsp3) is 0.909. The van der Waals surface area contributed by atoms with Crippen LogP contribution in [0.4, 0.5) is 0 Å². The number of likely N-dealkylation sites (N-methyl/N-ethyl adjacent to an activating group) is 1. The molecule has 0 aliphatic carbocycles. The van der Waals surface area contributed by atoms with Crippen molar-refractivity contribution in [3.63, 3.8) is 0 Å². The van der Waals surface area contributed by atoms with Crippen molar-refractivity contribution < 1.29 is 37.3 Å². The Morgan fingerprint density at radius 3 is 1.13 bits per heavy atom. The van der Waals surface area contributed by atoms with E-state index in [2.05, 4.69) is 38.2 Å². The molecule has 1 amide bonds. The third kappa shape index (κ3) is 57.2. The molecule has 0 aliphatic heterocycles. The van der Waals surface area contributed by atoms with Crippen molar-refractivity contribution in [2.75, 3.05) is 40.9 Å². The molecule has 0 fully saturated rings. The summed E-state index contributed by atoms with van der Waals surface area (Å²) in [5.74, 6) is -0.506. The summed E-state index contributed by atoms with van der Waals surface area (Å²) in [5.41, 5.74) is 0. The van der Waals surface area contributed by atoms with Gasteiger partial charge in [0.1, 0.15) is 19.3 Å². The van der Waals surface area contributed by atoms with Crippen LogP contribution in [0.25, 0.3) is 0 Å². The van der Waals surface area contributed by atoms with Gasteiger partial charge in [0.15, 0.2) is 0 Å².